The number of ether oxygens (including phenoxy) is 2. The van der Waals surface area contributed by atoms with Crippen LogP contribution in [0.1, 0.15) is 24.8 Å². The molecule has 6 nitrogen and oxygen atoms in total. The van der Waals surface area contributed by atoms with Crippen LogP contribution in [0, 0.1) is 10.1 Å². The maximum atomic E-state index is 12.0. The molecule has 0 N–H and O–H groups in total. The number of nitrogens with zero attached hydrogens (tertiary/aromatic N) is 1. The smallest absolute Gasteiger partial charge is 0.384 e. The van der Waals surface area contributed by atoms with E-state index in [9.17, 15) is 14.9 Å². The zero-order valence-corrected chi connectivity index (χ0v) is 13.2. The molecule has 3 rings (SSSR count). The molecule has 0 amide bonds. The van der Waals surface area contributed by atoms with E-state index in [1.807, 2.05) is 12.1 Å². The fourth-order valence-corrected chi connectivity index (χ4v) is 3.01. The van der Waals surface area contributed by atoms with E-state index in [0.29, 0.717) is 11.3 Å². The molecule has 0 saturated heterocycles. The van der Waals surface area contributed by atoms with Gasteiger partial charge in [0.25, 0.3) is 0 Å². The lowest BCUT2D eigenvalue weighted by Crippen LogP contribution is -2.50. The van der Waals surface area contributed by atoms with Gasteiger partial charge in [-0.15, -0.1) is 0 Å². The molecule has 1 aliphatic carbocycles. The molecule has 2 unspecified atom stereocenters. The number of benzene rings is 1. The summed E-state index contributed by atoms with van der Waals surface area (Å²) in [6, 6.07) is 9.03. The van der Waals surface area contributed by atoms with Gasteiger partial charge in [-0.2, -0.15) is 0 Å². The topological polar surface area (TPSA) is 78.7 Å². The summed E-state index contributed by atoms with van der Waals surface area (Å²) in [7, 11) is 0. The van der Waals surface area contributed by atoms with Gasteiger partial charge in [0.15, 0.2) is 6.42 Å². The van der Waals surface area contributed by atoms with Crippen molar-refractivity contribution < 1.29 is 19.2 Å². The molecule has 2 aliphatic rings. The van der Waals surface area contributed by atoms with Crippen molar-refractivity contribution in [2.24, 2.45) is 0 Å². The number of nitro groups is 1. The summed E-state index contributed by atoms with van der Waals surface area (Å²) < 4.78 is 10.7. The van der Waals surface area contributed by atoms with Gasteiger partial charge in [-0.05, 0) is 18.6 Å². The van der Waals surface area contributed by atoms with Gasteiger partial charge in [-0.25, -0.2) is 0 Å². The van der Waals surface area contributed by atoms with Gasteiger partial charge in [0.2, 0.25) is 0 Å². The Labute approximate surface area is 139 Å². The molecule has 1 aliphatic heterocycles. The van der Waals surface area contributed by atoms with Crippen molar-refractivity contribution in [2.45, 2.75) is 25.0 Å². The lowest BCUT2D eigenvalue weighted by atomic mass is 9.82. The predicted octanol–water partition coefficient (Wildman–Crippen LogP) is 3.11. The molecule has 24 heavy (non-hydrogen) atoms. The van der Waals surface area contributed by atoms with Crippen molar-refractivity contribution in [1.82, 2.24) is 0 Å². The third-order valence-electron chi connectivity index (χ3n) is 4.10. The van der Waals surface area contributed by atoms with E-state index in [1.54, 1.807) is 49.4 Å². The highest BCUT2D eigenvalue weighted by Crippen LogP contribution is 2.45. The maximum Gasteiger partial charge on any atom is 0.384 e. The quantitative estimate of drug-likeness (QED) is 0.472. The summed E-state index contributed by atoms with van der Waals surface area (Å²) >= 11 is 0. The number of esters is 1. The highest BCUT2D eigenvalue weighted by molar-refractivity contribution is 5.71. The molecule has 0 fully saturated rings. The van der Waals surface area contributed by atoms with Gasteiger partial charge in [0, 0.05) is 5.57 Å². The Morgan fingerprint density at radius 3 is 2.79 bits per heavy atom. The molecule has 6 heteroatoms. The second-order valence-electron chi connectivity index (χ2n) is 5.59. The molecule has 1 heterocycles. The van der Waals surface area contributed by atoms with Gasteiger partial charge in [-0.1, -0.05) is 48.6 Å². The van der Waals surface area contributed by atoms with E-state index >= 15 is 0 Å². The van der Waals surface area contributed by atoms with Crippen molar-refractivity contribution in [3.8, 4) is 0 Å². The van der Waals surface area contributed by atoms with E-state index in [2.05, 4.69) is 0 Å². The minimum Gasteiger partial charge on any atom is -0.466 e. The van der Waals surface area contributed by atoms with Crippen molar-refractivity contribution >= 4 is 5.97 Å². The number of fused-ring (bicyclic) bond motifs is 1. The molecule has 2 atom stereocenters. The van der Waals surface area contributed by atoms with E-state index in [0.717, 1.165) is 5.57 Å². The Balaban J connectivity index is 2.09. The Hall–Kier alpha value is -2.89. The molecule has 0 radical (unpaired) electrons. The lowest BCUT2D eigenvalue weighted by molar-refractivity contribution is -0.628. The Kier molecular flexibility index (Phi) is 4.20. The van der Waals surface area contributed by atoms with Gasteiger partial charge < -0.3 is 9.47 Å². The summed E-state index contributed by atoms with van der Waals surface area (Å²) in [5, 5.41) is 12.0. The Bertz CT molecular complexity index is 750. The van der Waals surface area contributed by atoms with Crippen LogP contribution in [-0.4, -0.2) is 23.2 Å². The van der Waals surface area contributed by atoms with Crippen LogP contribution in [0.5, 0.6) is 0 Å². The second kappa shape index (κ2) is 6.31. The summed E-state index contributed by atoms with van der Waals surface area (Å²) in [5.41, 5.74) is -0.426. The number of hydrogen-bond acceptors (Lipinski definition) is 5. The monoisotopic (exact) mass is 327 g/mol. The van der Waals surface area contributed by atoms with Crippen LogP contribution in [0.15, 0.2) is 66.0 Å². The second-order valence-corrected chi connectivity index (χ2v) is 5.59. The Morgan fingerprint density at radius 2 is 2.12 bits per heavy atom. The normalized spacial score (nSPS) is 24.5. The van der Waals surface area contributed by atoms with Gasteiger partial charge >= 0.3 is 11.7 Å². The first kappa shape index (κ1) is 16.0. The van der Waals surface area contributed by atoms with Crippen molar-refractivity contribution in [2.75, 3.05) is 6.61 Å². The van der Waals surface area contributed by atoms with Crippen molar-refractivity contribution in [3.63, 3.8) is 0 Å². The Morgan fingerprint density at radius 1 is 1.38 bits per heavy atom. The number of rotatable bonds is 5. The van der Waals surface area contributed by atoms with Crippen LogP contribution in [0.3, 0.4) is 0 Å². The molecule has 0 saturated carbocycles. The largest absolute Gasteiger partial charge is 0.466 e. The van der Waals surface area contributed by atoms with E-state index in [4.69, 9.17) is 9.47 Å². The number of allylic oxidation sites excluding steroid dienone is 3. The number of hydrogen-bond donors (Lipinski definition) is 0. The fourth-order valence-electron chi connectivity index (χ4n) is 3.01. The molecular formula is C18H17NO5. The van der Waals surface area contributed by atoms with Gasteiger partial charge in [0.05, 0.1) is 11.5 Å². The molecule has 124 valence electrons. The molecule has 1 aromatic rings. The third-order valence-corrected chi connectivity index (χ3v) is 4.10. The highest BCUT2D eigenvalue weighted by atomic mass is 16.7. The van der Waals surface area contributed by atoms with E-state index in [1.165, 1.54) is 0 Å². The number of carbonyl (C=O) groups excluding carboxylic acids is 1. The maximum absolute atomic E-state index is 12.0. The molecule has 0 aromatic heterocycles. The zero-order valence-electron chi connectivity index (χ0n) is 13.2. The van der Waals surface area contributed by atoms with Crippen LogP contribution >= 0.6 is 0 Å². The van der Waals surface area contributed by atoms with E-state index < -0.39 is 29.0 Å². The number of carbonyl (C=O) groups is 1. The minimum absolute atomic E-state index is 0.161. The SMILES string of the molecule is CCOC(=O)CC1([N+](=O)[O-])OC2=CC=CC2=CC1c1ccccc1. The minimum atomic E-state index is -1.92. The standard InChI is InChI=1S/C18H17NO5/c1-2-23-17(20)12-18(19(21)22)15(13-7-4-3-5-8-13)11-14-9-6-10-16(14)24-18/h3-11,15H,2,12H2,1H3. The first-order valence-electron chi connectivity index (χ1n) is 7.71. The lowest BCUT2D eigenvalue weighted by Gasteiger charge is -2.35. The molecule has 1 aromatic carbocycles. The summed E-state index contributed by atoms with van der Waals surface area (Å²) in [6.07, 6.45) is 6.59. The van der Waals surface area contributed by atoms with Crippen molar-refractivity contribution in [1.29, 1.82) is 0 Å². The summed E-state index contributed by atoms with van der Waals surface area (Å²) in [6.45, 7) is 1.82. The average molecular weight is 327 g/mol. The third kappa shape index (κ3) is 2.71. The van der Waals surface area contributed by atoms with Gasteiger partial charge in [0.1, 0.15) is 11.7 Å². The predicted molar refractivity (Wildman–Crippen MR) is 86.5 cm³/mol. The van der Waals surface area contributed by atoms with Crippen LogP contribution < -0.4 is 0 Å². The molecular weight excluding hydrogens is 310 g/mol. The van der Waals surface area contributed by atoms with E-state index in [-0.39, 0.29) is 6.61 Å². The first-order chi connectivity index (χ1) is 11.6. The molecule has 0 spiro atoms. The first-order valence-corrected chi connectivity index (χ1v) is 7.71. The van der Waals surface area contributed by atoms with Crippen LogP contribution in [-0.2, 0) is 14.3 Å². The van der Waals surface area contributed by atoms with Crippen LogP contribution in [0.2, 0.25) is 0 Å². The highest BCUT2D eigenvalue weighted by Gasteiger charge is 2.58. The van der Waals surface area contributed by atoms with Crippen LogP contribution in [0.25, 0.3) is 0 Å². The van der Waals surface area contributed by atoms with Crippen molar-refractivity contribution in [3.05, 3.63) is 81.6 Å². The summed E-state index contributed by atoms with van der Waals surface area (Å²) in [4.78, 5) is 23.5. The van der Waals surface area contributed by atoms with Gasteiger partial charge in [-0.3, -0.25) is 14.9 Å². The fraction of sp³-hybridized carbons (Fsp3) is 0.278. The molecule has 0 bridgehead atoms. The van der Waals surface area contributed by atoms with Crippen LogP contribution in [0.4, 0.5) is 0 Å². The average Bonchev–Trinajstić information content (AvgIpc) is 3.01. The summed E-state index contributed by atoms with van der Waals surface area (Å²) in [5.74, 6) is -0.949. The zero-order chi connectivity index (χ0) is 17.2.